The zero-order chi connectivity index (χ0) is 8.39. The van der Waals surface area contributed by atoms with Crippen molar-refractivity contribution < 1.29 is 21.1 Å². The van der Waals surface area contributed by atoms with Crippen molar-refractivity contribution in [3.8, 4) is 11.3 Å². The van der Waals surface area contributed by atoms with Gasteiger partial charge >= 0.3 is 0 Å². The van der Waals surface area contributed by atoms with Gasteiger partial charge in [0, 0.05) is 40.0 Å². The number of hydrogen-bond acceptors (Lipinski definition) is 2. The van der Waals surface area contributed by atoms with Gasteiger partial charge in [0.2, 0.25) is 0 Å². The van der Waals surface area contributed by atoms with Crippen LogP contribution < -0.4 is 0 Å². The first-order valence-electron chi connectivity index (χ1n) is 3.70. The van der Waals surface area contributed by atoms with Crippen LogP contribution in [0.15, 0.2) is 30.5 Å². The molecule has 0 fully saturated rings. The maximum atomic E-state index is 3.97. The third-order valence-electron chi connectivity index (χ3n) is 1.59. The fraction of sp³-hybridized carbons (Fsp3) is 0.111. The molecule has 0 atom stereocenters. The summed E-state index contributed by atoms with van der Waals surface area (Å²) in [6, 6.07) is 10.8. The number of aromatic nitrogens is 3. The smallest absolute Gasteiger partial charge is 0.0305 e. The van der Waals surface area contributed by atoms with Crippen molar-refractivity contribution in [3.63, 3.8) is 0 Å². The minimum absolute atomic E-state index is 0. The van der Waals surface area contributed by atoms with E-state index in [-0.39, 0.29) is 21.1 Å². The Balaban J connectivity index is 0.000000845. The van der Waals surface area contributed by atoms with E-state index < -0.39 is 0 Å². The first kappa shape index (κ1) is 10.1. The predicted octanol–water partition coefficient (Wildman–Crippen LogP) is 1.28. The standard InChI is InChI=1S/C9H8N3.Pt/c1-12-7-9(10-11-12)8-5-3-2-4-6-8;/h2-5,7H,1H3;/q-1;. The molecule has 0 saturated heterocycles. The Morgan fingerprint density at radius 3 is 2.77 bits per heavy atom. The first-order chi connectivity index (χ1) is 5.86. The minimum atomic E-state index is 0. The van der Waals surface area contributed by atoms with E-state index in [9.17, 15) is 0 Å². The van der Waals surface area contributed by atoms with Crippen LogP contribution in [0.2, 0.25) is 0 Å². The van der Waals surface area contributed by atoms with Crippen LogP contribution in [0.4, 0.5) is 0 Å². The fourth-order valence-corrected chi connectivity index (χ4v) is 1.02. The van der Waals surface area contributed by atoms with Crippen LogP contribution in [0.25, 0.3) is 11.3 Å². The van der Waals surface area contributed by atoms with Gasteiger partial charge in [0.15, 0.2) is 0 Å². The Morgan fingerprint density at radius 1 is 1.38 bits per heavy atom. The van der Waals surface area contributed by atoms with Crippen LogP contribution in [0, 0.1) is 6.07 Å². The zero-order valence-electron chi connectivity index (χ0n) is 7.04. The van der Waals surface area contributed by atoms with Crippen molar-refractivity contribution in [1.82, 2.24) is 15.0 Å². The maximum absolute atomic E-state index is 3.97. The van der Waals surface area contributed by atoms with E-state index in [0.29, 0.717) is 0 Å². The molecule has 0 spiro atoms. The van der Waals surface area contributed by atoms with Gasteiger partial charge in [0.05, 0.1) is 0 Å². The van der Waals surface area contributed by atoms with Crippen LogP contribution in [0.3, 0.4) is 0 Å². The van der Waals surface area contributed by atoms with Gasteiger partial charge in [0.1, 0.15) is 0 Å². The average Bonchev–Trinajstić information content (AvgIpc) is 2.54. The van der Waals surface area contributed by atoms with Crippen LogP contribution >= 0.6 is 0 Å². The zero-order valence-corrected chi connectivity index (χ0v) is 9.32. The van der Waals surface area contributed by atoms with Gasteiger partial charge in [-0.1, -0.05) is 5.21 Å². The summed E-state index contributed by atoms with van der Waals surface area (Å²) in [5, 5.41) is 7.81. The second-order valence-electron chi connectivity index (χ2n) is 2.55. The molecule has 70 valence electrons. The second-order valence-corrected chi connectivity index (χ2v) is 2.55. The molecule has 0 amide bonds. The van der Waals surface area contributed by atoms with Crippen LogP contribution in [0.1, 0.15) is 0 Å². The van der Waals surface area contributed by atoms with Crippen molar-refractivity contribution >= 4 is 0 Å². The van der Waals surface area contributed by atoms with Crippen molar-refractivity contribution in [3.05, 3.63) is 36.5 Å². The molecule has 1 heterocycles. The minimum Gasteiger partial charge on any atom is -0.265 e. The summed E-state index contributed by atoms with van der Waals surface area (Å²) in [6.45, 7) is 0. The van der Waals surface area contributed by atoms with Gasteiger partial charge in [-0.3, -0.25) is 4.68 Å². The molecule has 0 radical (unpaired) electrons. The van der Waals surface area contributed by atoms with E-state index in [1.807, 2.05) is 37.5 Å². The monoisotopic (exact) mass is 353 g/mol. The summed E-state index contributed by atoms with van der Waals surface area (Å²) >= 11 is 0. The molecule has 0 unspecified atom stereocenters. The van der Waals surface area contributed by atoms with E-state index in [0.717, 1.165) is 11.3 Å². The number of aryl methyl sites for hydroxylation is 1. The molecule has 0 aliphatic carbocycles. The summed E-state index contributed by atoms with van der Waals surface area (Å²) in [5.41, 5.74) is 1.84. The van der Waals surface area contributed by atoms with E-state index in [1.54, 1.807) is 4.68 Å². The fourth-order valence-electron chi connectivity index (χ4n) is 1.02. The maximum Gasteiger partial charge on any atom is 0.0305 e. The topological polar surface area (TPSA) is 30.7 Å². The number of hydrogen-bond donors (Lipinski definition) is 0. The number of benzene rings is 1. The number of nitrogens with zero attached hydrogens (tertiary/aromatic N) is 3. The SMILES string of the molecule is Cn1cc(-c2[c-]cccc2)nn1.[Pt]. The van der Waals surface area contributed by atoms with Gasteiger partial charge in [-0.15, -0.1) is 35.9 Å². The second kappa shape index (κ2) is 4.33. The quantitative estimate of drug-likeness (QED) is 0.724. The summed E-state index contributed by atoms with van der Waals surface area (Å²) in [7, 11) is 1.85. The van der Waals surface area contributed by atoms with Crippen LogP contribution in [-0.2, 0) is 28.1 Å². The van der Waals surface area contributed by atoms with Crippen molar-refractivity contribution in [2.45, 2.75) is 0 Å². The van der Waals surface area contributed by atoms with Crippen LogP contribution in [0.5, 0.6) is 0 Å². The average molecular weight is 353 g/mol. The summed E-state index contributed by atoms with van der Waals surface area (Å²) in [6.07, 6.45) is 1.87. The van der Waals surface area contributed by atoms with Gasteiger partial charge in [-0.05, 0) is 0 Å². The van der Waals surface area contributed by atoms with Crippen LogP contribution in [-0.4, -0.2) is 15.0 Å². The van der Waals surface area contributed by atoms with E-state index in [1.165, 1.54) is 0 Å². The Kier molecular flexibility index (Phi) is 3.38. The molecule has 0 aliphatic rings. The molecule has 2 aromatic rings. The third-order valence-corrected chi connectivity index (χ3v) is 1.59. The van der Waals surface area contributed by atoms with Gasteiger partial charge in [-0.2, -0.15) is 5.10 Å². The molecular weight excluding hydrogens is 345 g/mol. The molecule has 2 rings (SSSR count). The van der Waals surface area contributed by atoms with Gasteiger partial charge in [0.25, 0.3) is 0 Å². The summed E-state index contributed by atoms with van der Waals surface area (Å²) in [5.74, 6) is 0. The molecule has 0 saturated carbocycles. The number of rotatable bonds is 1. The first-order valence-corrected chi connectivity index (χ1v) is 3.70. The Morgan fingerprint density at radius 2 is 2.23 bits per heavy atom. The largest absolute Gasteiger partial charge is 0.265 e. The van der Waals surface area contributed by atoms with Gasteiger partial charge < -0.3 is 0 Å². The van der Waals surface area contributed by atoms with Gasteiger partial charge in [-0.25, -0.2) is 0 Å². The Bertz CT molecular complexity index is 369. The normalized spacial score (nSPS) is 9.31. The van der Waals surface area contributed by atoms with E-state index in [2.05, 4.69) is 16.4 Å². The van der Waals surface area contributed by atoms with E-state index >= 15 is 0 Å². The Hall–Kier alpha value is -0.952. The van der Waals surface area contributed by atoms with Crippen molar-refractivity contribution in [1.29, 1.82) is 0 Å². The predicted molar refractivity (Wildman–Crippen MR) is 45.3 cm³/mol. The van der Waals surface area contributed by atoms with E-state index in [4.69, 9.17) is 0 Å². The van der Waals surface area contributed by atoms with Crippen molar-refractivity contribution in [2.75, 3.05) is 0 Å². The Labute approximate surface area is 91.0 Å². The summed E-state index contributed by atoms with van der Waals surface area (Å²) in [4.78, 5) is 0. The molecule has 4 heteroatoms. The molecule has 0 bridgehead atoms. The molecule has 0 aliphatic heterocycles. The molecule has 3 nitrogen and oxygen atoms in total. The molecule has 1 aromatic carbocycles. The third kappa shape index (κ3) is 2.25. The molecule has 13 heavy (non-hydrogen) atoms. The molecule has 1 aromatic heterocycles. The van der Waals surface area contributed by atoms with Crippen molar-refractivity contribution in [2.24, 2.45) is 7.05 Å². The molecule has 0 N–H and O–H groups in total. The molecular formula is C9H8N3Pt-. The summed E-state index contributed by atoms with van der Waals surface area (Å²) < 4.78 is 1.68.